The highest BCUT2D eigenvalue weighted by Crippen LogP contribution is 2.14. The van der Waals surface area contributed by atoms with Gasteiger partial charge in [0.15, 0.2) is 0 Å². The molecular weight excluding hydrogens is 443 g/mol. The molecule has 0 spiro atoms. The maximum Gasteiger partial charge on any atom is 0.224 e. The van der Waals surface area contributed by atoms with E-state index < -0.39 is 6.10 Å². The summed E-state index contributed by atoms with van der Waals surface area (Å²) in [4.78, 5) is 16.5. The molecule has 0 heterocycles. The second-order valence-corrected chi connectivity index (χ2v) is 8.72. The van der Waals surface area contributed by atoms with Crippen LogP contribution in [0.25, 0.3) is 0 Å². The molecule has 1 aromatic rings. The van der Waals surface area contributed by atoms with Crippen LogP contribution in [0.4, 0.5) is 10.1 Å². The molecule has 0 saturated carbocycles. The number of carbonyl (C=O) groups is 1. The van der Waals surface area contributed by atoms with Gasteiger partial charge < -0.3 is 15.8 Å². The highest BCUT2D eigenvalue weighted by Gasteiger charge is 2.05. The van der Waals surface area contributed by atoms with Crippen molar-refractivity contribution in [1.82, 2.24) is 10.4 Å². The summed E-state index contributed by atoms with van der Waals surface area (Å²) in [6.45, 7) is 2.60. The Bertz CT molecular complexity index is 817. The molecular formula is C28H43FN4O2. The summed E-state index contributed by atoms with van der Waals surface area (Å²) in [5.74, 6) is -0.443. The standard InChI is InChI=1S/C28H43FN4O2/c1-4-12-25(29)14-10-15-27(34)16-11-17-28(35)32-26-20-18-24(19-21-26)13-8-6-5-7-9-22-30-23-31-33(2)3/h4,10,12,14-15,18-21,23,27,34H,5-9,11,13,16-17,22H2,1-3H3,(H,30,31)(H,32,35)/b12-4-,15-10+,25-14+. The van der Waals surface area contributed by atoms with E-state index in [-0.39, 0.29) is 11.7 Å². The predicted octanol–water partition coefficient (Wildman–Crippen LogP) is 5.73. The number of hydrogen-bond acceptors (Lipinski definition) is 4. The van der Waals surface area contributed by atoms with Gasteiger partial charge in [-0.3, -0.25) is 9.79 Å². The van der Waals surface area contributed by atoms with E-state index in [1.54, 1.807) is 19.3 Å². The third-order valence-electron chi connectivity index (χ3n) is 5.22. The van der Waals surface area contributed by atoms with Crippen LogP contribution < -0.4 is 10.7 Å². The maximum atomic E-state index is 13.2. The van der Waals surface area contributed by atoms with E-state index in [0.29, 0.717) is 19.3 Å². The number of allylic oxidation sites excluding steroid dienone is 5. The molecule has 35 heavy (non-hydrogen) atoms. The average Bonchev–Trinajstić information content (AvgIpc) is 2.81. The number of unbranched alkanes of at least 4 members (excludes halogenated alkanes) is 4. The molecule has 6 nitrogen and oxygen atoms in total. The highest BCUT2D eigenvalue weighted by molar-refractivity contribution is 5.90. The van der Waals surface area contributed by atoms with Crippen LogP contribution in [0.15, 0.2) is 65.5 Å². The Hall–Kier alpha value is -2.77. The minimum absolute atomic E-state index is 0.0743. The lowest BCUT2D eigenvalue weighted by molar-refractivity contribution is -0.116. The number of nitrogens with one attached hydrogen (secondary N) is 2. The first-order valence-corrected chi connectivity index (χ1v) is 12.6. The van der Waals surface area contributed by atoms with E-state index >= 15 is 0 Å². The summed E-state index contributed by atoms with van der Waals surface area (Å²) in [7, 11) is 3.87. The van der Waals surface area contributed by atoms with Crippen molar-refractivity contribution in [2.75, 3.05) is 26.0 Å². The van der Waals surface area contributed by atoms with Gasteiger partial charge in [0.2, 0.25) is 5.91 Å². The predicted molar refractivity (Wildman–Crippen MR) is 145 cm³/mol. The zero-order valence-corrected chi connectivity index (χ0v) is 21.5. The molecule has 0 radical (unpaired) electrons. The molecule has 1 atom stereocenters. The van der Waals surface area contributed by atoms with Crippen molar-refractivity contribution in [2.45, 2.75) is 70.8 Å². The topological polar surface area (TPSA) is 77.0 Å². The van der Waals surface area contributed by atoms with Crippen LogP contribution in [0.5, 0.6) is 0 Å². The monoisotopic (exact) mass is 486 g/mol. The second kappa shape index (κ2) is 19.5. The quantitative estimate of drug-likeness (QED) is 0.0814. The van der Waals surface area contributed by atoms with Gasteiger partial charge in [-0.05, 0) is 68.9 Å². The molecule has 0 aliphatic rings. The fourth-order valence-corrected chi connectivity index (χ4v) is 3.32. The zero-order valence-electron chi connectivity index (χ0n) is 21.5. The molecule has 1 aromatic carbocycles. The van der Waals surface area contributed by atoms with Gasteiger partial charge in [-0.2, -0.15) is 0 Å². The number of rotatable bonds is 18. The van der Waals surface area contributed by atoms with E-state index in [0.717, 1.165) is 31.5 Å². The number of aliphatic imine (C=N–C) groups is 1. The largest absolute Gasteiger partial charge is 0.389 e. The van der Waals surface area contributed by atoms with Crippen molar-refractivity contribution in [3.05, 3.63) is 66.0 Å². The number of nitrogens with zero attached hydrogens (tertiary/aromatic N) is 2. The Kier molecular flexibility index (Phi) is 16.9. The Morgan fingerprint density at radius 3 is 2.54 bits per heavy atom. The first-order chi connectivity index (χ1) is 16.9. The summed E-state index contributed by atoms with van der Waals surface area (Å²) in [5, 5.41) is 14.7. The van der Waals surface area contributed by atoms with Crippen LogP contribution in [0.3, 0.4) is 0 Å². The molecule has 0 saturated heterocycles. The Balaban J connectivity index is 2.15. The number of aliphatic hydroxyl groups excluding tert-OH is 1. The molecule has 194 valence electrons. The number of benzene rings is 1. The van der Waals surface area contributed by atoms with Crippen LogP contribution in [0.2, 0.25) is 0 Å². The fourth-order valence-electron chi connectivity index (χ4n) is 3.32. The number of aliphatic hydroxyl groups is 1. The van der Waals surface area contributed by atoms with Crippen molar-refractivity contribution >= 4 is 17.9 Å². The molecule has 3 N–H and O–H groups in total. The van der Waals surface area contributed by atoms with E-state index in [1.165, 1.54) is 49.1 Å². The molecule has 0 aliphatic heterocycles. The second-order valence-electron chi connectivity index (χ2n) is 8.72. The van der Waals surface area contributed by atoms with Crippen LogP contribution >= 0.6 is 0 Å². The first kappa shape index (κ1) is 30.3. The SMILES string of the molecule is C\C=C/C(F)=C\C=C\C(O)CCCC(=O)Nc1ccc(CCCCCCCN=CNN(C)C)cc1. The van der Waals surface area contributed by atoms with Crippen LogP contribution in [0.1, 0.15) is 63.9 Å². The third kappa shape index (κ3) is 17.3. The van der Waals surface area contributed by atoms with Gasteiger partial charge in [-0.1, -0.05) is 49.6 Å². The minimum Gasteiger partial charge on any atom is -0.389 e. The van der Waals surface area contributed by atoms with Gasteiger partial charge in [0.25, 0.3) is 0 Å². The smallest absolute Gasteiger partial charge is 0.224 e. The Morgan fingerprint density at radius 2 is 1.83 bits per heavy atom. The van der Waals surface area contributed by atoms with Crippen LogP contribution in [-0.2, 0) is 11.2 Å². The number of halogens is 1. The van der Waals surface area contributed by atoms with E-state index in [2.05, 4.69) is 27.9 Å². The molecule has 1 amide bonds. The molecule has 0 bridgehead atoms. The number of hydrazine groups is 1. The van der Waals surface area contributed by atoms with Gasteiger partial charge in [0.05, 0.1) is 12.4 Å². The van der Waals surface area contributed by atoms with Crippen molar-refractivity contribution in [1.29, 1.82) is 0 Å². The van der Waals surface area contributed by atoms with Gasteiger partial charge >= 0.3 is 0 Å². The molecule has 0 fully saturated rings. The van der Waals surface area contributed by atoms with Crippen molar-refractivity contribution in [3.63, 3.8) is 0 Å². The van der Waals surface area contributed by atoms with Crippen molar-refractivity contribution in [2.24, 2.45) is 4.99 Å². The number of anilines is 1. The Labute approximate surface area is 210 Å². The maximum absolute atomic E-state index is 13.2. The highest BCUT2D eigenvalue weighted by atomic mass is 19.1. The lowest BCUT2D eigenvalue weighted by atomic mass is 10.0. The summed E-state index contributed by atoms with van der Waals surface area (Å²) in [6, 6.07) is 8.01. The van der Waals surface area contributed by atoms with Gasteiger partial charge in [-0.25, -0.2) is 9.40 Å². The molecule has 0 aliphatic carbocycles. The number of carbonyl (C=O) groups excluding carboxylic acids is 1. The van der Waals surface area contributed by atoms with Gasteiger partial charge in [0, 0.05) is 32.7 Å². The zero-order chi connectivity index (χ0) is 25.7. The minimum atomic E-state index is -0.698. The first-order valence-electron chi connectivity index (χ1n) is 12.6. The average molecular weight is 487 g/mol. The molecule has 0 aromatic heterocycles. The summed E-state index contributed by atoms with van der Waals surface area (Å²) < 4.78 is 13.2. The molecule has 7 heteroatoms. The van der Waals surface area contributed by atoms with Gasteiger partial charge in [-0.15, -0.1) is 0 Å². The number of amides is 1. The Morgan fingerprint density at radius 1 is 1.11 bits per heavy atom. The van der Waals surface area contributed by atoms with E-state index in [4.69, 9.17) is 0 Å². The van der Waals surface area contributed by atoms with Crippen molar-refractivity contribution < 1.29 is 14.3 Å². The summed E-state index contributed by atoms with van der Waals surface area (Å²) >= 11 is 0. The number of aryl methyl sites for hydroxylation is 1. The van der Waals surface area contributed by atoms with Crippen LogP contribution in [-0.4, -0.2) is 49.1 Å². The lowest BCUT2D eigenvalue weighted by Crippen LogP contribution is -2.28. The molecule has 1 rings (SSSR count). The van der Waals surface area contributed by atoms with Crippen LogP contribution in [0, 0.1) is 0 Å². The van der Waals surface area contributed by atoms with Crippen molar-refractivity contribution in [3.8, 4) is 0 Å². The molecule has 1 unspecified atom stereocenters. The van der Waals surface area contributed by atoms with E-state index in [9.17, 15) is 14.3 Å². The van der Waals surface area contributed by atoms with E-state index in [1.807, 2.05) is 31.2 Å². The van der Waals surface area contributed by atoms with Gasteiger partial charge in [0.1, 0.15) is 5.83 Å². The summed E-state index contributed by atoms with van der Waals surface area (Å²) in [6.07, 6.45) is 16.6. The summed E-state index contributed by atoms with van der Waals surface area (Å²) in [5.41, 5.74) is 5.07. The number of hydrogen-bond donors (Lipinski definition) is 3. The lowest BCUT2D eigenvalue weighted by Gasteiger charge is -2.08. The fraction of sp³-hybridized carbons (Fsp3) is 0.500. The normalized spacial score (nSPS) is 13.4. The third-order valence-corrected chi connectivity index (χ3v) is 5.22.